The van der Waals surface area contributed by atoms with E-state index in [0.717, 1.165) is 4.57 Å². The average Bonchev–Trinajstić information content (AvgIpc) is 3.33. The third kappa shape index (κ3) is 5.74. The first-order chi connectivity index (χ1) is 20.7. The van der Waals surface area contributed by atoms with Gasteiger partial charge in [-0.1, -0.05) is 54.6 Å². The van der Waals surface area contributed by atoms with Gasteiger partial charge in [0.2, 0.25) is 0 Å². The van der Waals surface area contributed by atoms with Crippen molar-refractivity contribution < 1.29 is 33.8 Å². The lowest BCUT2D eigenvalue weighted by molar-refractivity contribution is -0.0968. The number of hydrogen-bond donors (Lipinski definition) is 5. The van der Waals surface area contributed by atoms with Gasteiger partial charge in [-0.25, -0.2) is 4.79 Å². The largest absolute Gasteiger partial charge is 0.497 e. The van der Waals surface area contributed by atoms with Gasteiger partial charge in [-0.2, -0.15) is 4.98 Å². The van der Waals surface area contributed by atoms with Gasteiger partial charge in [0.25, 0.3) is 8.53 Å². The monoisotopic (exact) mass is 608 g/mol. The maximum absolute atomic E-state index is 12.7. The number of methoxy groups -OCH3 is 2. The van der Waals surface area contributed by atoms with Crippen LogP contribution in [0.3, 0.4) is 0 Å². The number of hydrogen-bond acceptors (Lipinski definition) is 11. The SMILES string of the molecule is COc1ccc(C(c2ccccc2)(c2ccc(OC)cc2)C(O)[C@H]2O[C@@H](n3ccc(N)nc3=O)[C@H](O)[C@@H]2OP(N)O)cc1. The van der Waals surface area contributed by atoms with Crippen molar-refractivity contribution in [1.29, 1.82) is 0 Å². The van der Waals surface area contributed by atoms with Crippen molar-refractivity contribution in [1.82, 2.24) is 9.55 Å². The van der Waals surface area contributed by atoms with Crippen LogP contribution in [0.25, 0.3) is 0 Å². The summed E-state index contributed by atoms with van der Waals surface area (Å²) in [5.74, 6) is 1.20. The molecule has 43 heavy (non-hydrogen) atoms. The number of anilines is 1. The van der Waals surface area contributed by atoms with Crippen LogP contribution in [0.5, 0.6) is 11.5 Å². The molecule has 0 radical (unpaired) electrons. The normalized spacial score (nSPS) is 21.7. The second-order valence-electron chi connectivity index (χ2n) is 9.97. The molecular weight excluding hydrogens is 575 g/mol. The number of aromatic nitrogens is 2. The summed E-state index contributed by atoms with van der Waals surface area (Å²) >= 11 is 0. The van der Waals surface area contributed by atoms with Gasteiger partial charge in [-0.3, -0.25) is 10.1 Å². The Morgan fingerprint density at radius 1 is 0.930 bits per heavy atom. The Bertz CT molecular complexity index is 1520. The number of nitrogens with two attached hydrogens (primary N) is 2. The molecule has 0 amide bonds. The summed E-state index contributed by atoms with van der Waals surface area (Å²) in [7, 11) is 0.605. The quantitative estimate of drug-likeness (QED) is 0.131. The van der Waals surface area contributed by atoms with Gasteiger partial charge in [-0.15, -0.1) is 0 Å². The fourth-order valence-corrected chi connectivity index (χ4v) is 6.19. The Hall–Kier alpha value is -3.87. The van der Waals surface area contributed by atoms with Gasteiger partial charge in [-0.05, 0) is 47.0 Å². The van der Waals surface area contributed by atoms with E-state index in [4.69, 9.17) is 30.0 Å². The van der Waals surface area contributed by atoms with Crippen LogP contribution in [-0.4, -0.2) is 63.3 Å². The molecule has 1 aliphatic heterocycles. The van der Waals surface area contributed by atoms with Gasteiger partial charge in [0.15, 0.2) is 6.23 Å². The van der Waals surface area contributed by atoms with Crippen LogP contribution < -0.4 is 26.4 Å². The highest BCUT2D eigenvalue weighted by molar-refractivity contribution is 7.43. The van der Waals surface area contributed by atoms with Gasteiger partial charge in [0, 0.05) is 6.20 Å². The molecule has 6 atom stereocenters. The molecule has 1 aliphatic rings. The van der Waals surface area contributed by atoms with E-state index in [1.807, 2.05) is 54.6 Å². The number of aliphatic hydroxyl groups is 2. The van der Waals surface area contributed by atoms with Gasteiger partial charge in [0.05, 0.1) is 19.6 Å². The Morgan fingerprint density at radius 3 is 1.95 bits per heavy atom. The summed E-state index contributed by atoms with van der Waals surface area (Å²) in [4.78, 5) is 26.6. The molecule has 0 spiro atoms. The van der Waals surface area contributed by atoms with Crippen LogP contribution in [0.2, 0.25) is 0 Å². The van der Waals surface area contributed by atoms with Crippen LogP contribution in [0.1, 0.15) is 22.9 Å². The second kappa shape index (κ2) is 12.8. The fourth-order valence-electron chi connectivity index (χ4n) is 5.69. The van der Waals surface area contributed by atoms with Crippen molar-refractivity contribution >= 4 is 14.3 Å². The molecule has 226 valence electrons. The molecule has 1 saturated heterocycles. The Labute approximate surface area is 249 Å². The zero-order chi connectivity index (χ0) is 30.7. The topological polar surface area (TPSA) is 185 Å². The number of benzene rings is 3. The van der Waals surface area contributed by atoms with Crippen molar-refractivity contribution in [2.75, 3.05) is 20.0 Å². The lowest BCUT2D eigenvalue weighted by Crippen LogP contribution is -2.53. The summed E-state index contributed by atoms with van der Waals surface area (Å²) in [6.45, 7) is 0. The summed E-state index contributed by atoms with van der Waals surface area (Å²) in [6, 6.07) is 25.1. The molecule has 0 saturated carbocycles. The third-order valence-electron chi connectivity index (χ3n) is 7.68. The highest BCUT2D eigenvalue weighted by Gasteiger charge is 2.56. The molecule has 1 aromatic heterocycles. The summed E-state index contributed by atoms with van der Waals surface area (Å²) in [5, 5.41) is 24.0. The highest BCUT2D eigenvalue weighted by atomic mass is 31.2. The molecule has 0 aliphatic carbocycles. The van der Waals surface area contributed by atoms with Crippen molar-refractivity contribution in [3.05, 3.63) is 118 Å². The summed E-state index contributed by atoms with van der Waals surface area (Å²) in [5.41, 5.74) is 11.2. The molecular formula is C30H33N4O8P. The molecule has 2 heterocycles. The molecule has 3 aromatic carbocycles. The number of ether oxygens (including phenoxy) is 3. The predicted molar refractivity (Wildman–Crippen MR) is 159 cm³/mol. The van der Waals surface area contributed by atoms with Crippen LogP contribution in [0.15, 0.2) is 95.9 Å². The minimum absolute atomic E-state index is 0.0129. The lowest BCUT2D eigenvalue weighted by atomic mass is 9.64. The van der Waals surface area contributed by atoms with Crippen molar-refractivity contribution in [3.63, 3.8) is 0 Å². The van der Waals surface area contributed by atoms with Gasteiger partial charge < -0.3 is 39.6 Å². The highest BCUT2D eigenvalue weighted by Crippen LogP contribution is 2.48. The zero-order valence-electron chi connectivity index (χ0n) is 23.4. The number of nitrogens with zero attached hydrogens (tertiary/aromatic N) is 2. The van der Waals surface area contributed by atoms with E-state index in [0.29, 0.717) is 28.2 Å². The summed E-state index contributed by atoms with van der Waals surface area (Å²) < 4.78 is 23.7. The van der Waals surface area contributed by atoms with Crippen molar-refractivity contribution in [3.8, 4) is 11.5 Å². The van der Waals surface area contributed by atoms with Crippen LogP contribution in [-0.2, 0) is 14.7 Å². The predicted octanol–water partition coefficient (Wildman–Crippen LogP) is 2.06. The number of aliphatic hydroxyl groups excluding tert-OH is 2. The first-order valence-electron chi connectivity index (χ1n) is 13.3. The Balaban J connectivity index is 1.74. The smallest absolute Gasteiger partial charge is 0.351 e. The van der Waals surface area contributed by atoms with Gasteiger partial charge in [0.1, 0.15) is 41.7 Å². The maximum atomic E-state index is 12.7. The molecule has 1 fully saturated rings. The minimum atomic E-state index is -2.51. The average molecular weight is 609 g/mol. The molecule has 12 nitrogen and oxygen atoms in total. The standard InChI is InChI=1S/C30H33N4O8P/c1-39-21-12-8-19(9-13-21)30(18-6-4-3-5-7-18,20-10-14-22(40-2)15-11-20)27(36)26-25(42-43(32)38)24(35)28(41-26)34-17-16-23(31)33-29(34)37/h3-17,24-28,35-36,38H,32H2,1-2H3,(H2,31,33,37)/t24-,25+,26+,27?,28-,43?/m1/s1. The van der Waals surface area contributed by atoms with Gasteiger partial charge >= 0.3 is 5.69 Å². The van der Waals surface area contributed by atoms with E-state index in [2.05, 4.69) is 4.98 Å². The van der Waals surface area contributed by atoms with E-state index in [9.17, 15) is 19.9 Å². The molecule has 0 bridgehead atoms. The number of nitrogen functional groups attached to an aromatic ring is 1. The van der Waals surface area contributed by atoms with Crippen LogP contribution in [0.4, 0.5) is 5.82 Å². The van der Waals surface area contributed by atoms with E-state index >= 15 is 0 Å². The minimum Gasteiger partial charge on any atom is -0.497 e. The molecule has 5 rings (SSSR count). The first-order valence-corrected chi connectivity index (χ1v) is 14.6. The lowest BCUT2D eigenvalue weighted by Gasteiger charge is -2.43. The molecule has 7 N–H and O–H groups in total. The first kappa shape index (κ1) is 30.6. The maximum Gasteiger partial charge on any atom is 0.351 e. The number of rotatable bonds is 10. The summed E-state index contributed by atoms with van der Waals surface area (Å²) in [6.07, 6.45) is -5.73. The van der Waals surface area contributed by atoms with E-state index in [1.165, 1.54) is 12.3 Å². The molecule has 2 unspecified atom stereocenters. The molecule has 13 heteroatoms. The Kier molecular flexibility index (Phi) is 9.09. The molecule has 4 aromatic rings. The van der Waals surface area contributed by atoms with Crippen molar-refractivity contribution in [2.45, 2.75) is 36.1 Å². The van der Waals surface area contributed by atoms with Crippen molar-refractivity contribution in [2.24, 2.45) is 5.50 Å². The second-order valence-corrected chi connectivity index (χ2v) is 10.8. The Morgan fingerprint density at radius 2 is 1.47 bits per heavy atom. The zero-order valence-corrected chi connectivity index (χ0v) is 24.3. The van der Waals surface area contributed by atoms with E-state index in [-0.39, 0.29) is 5.82 Å². The van der Waals surface area contributed by atoms with E-state index < -0.39 is 50.3 Å². The fraction of sp³-hybridized carbons (Fsp3) is 0.267. The third-order valence-corrected chi connectivity index (χ3v) is 8.14. The van der Waals surface area contributed by atoms with Crippen LogP contribution in [0, 0.1) is 0 Å². The van der Waals surface area contributed by atoms with Crippen LogP contribution >= 0.6 is 8.53 Å². The van der Waals surface area contributed by atoms with E-state index in [1.54, 1.807) is 38.5 Å².